The van der Waals surface area contributed by atoms with Gasteiger partial charge >= 0.3 is 0 Å². The van der Waals surface area contributed by atoms with Gasteiger partial charge in [0.25, 0.3) is 0 Å². The number of ether oxygens (including phenoxy) is 1. The van der Waals surface area contributed by atoms with Gasteiger partial charge in [-0.25, -0.2) is 8.78 Å². The SMILES string of the molecule is CC(=O)CCc1cc(F)c(OCC2=C(c3ccc(Cl)cc3)CCCC2)c(F)c1. The number of hydrogen-bond acceptors (Lipinski definition) is 2. The molecular formula is C23H23ClF2O2. The largest absolute Gasteiger partial charge is 0.483 e. The second-order valence-corrected chi connectivity index (χ2v) is 7.61. The van der Waals surface area contributed by atoms with Crippen molar-refractivity contribution in [2.75, 3.05) is 6.61 Å². The summed E-state index contributed by atoms with van der Waals surface area (Å²) in [7, 11) is 0. The number of carbonyl (C=O) groups is 1. The first-order valence-electron chi connectivity index (χ1n) is 9.51. The van der Waals surface area contributed by atoms with Crippen molar-refractivity contribution in [2.24, 2.45) is 0 Å². The molecule has 148 valence electrons. The van der Waals surface area contributed by atoms with Crippen molar-refractivity contribution in [1.82, 2.24) is 0 Å². The Bertz CT molecular complexity index is 865. The molecule has 3 rings (SSSR count). The van der Waals surface area contributed by atoms with Crippen LogP contribution in [0.4, 0.5) is 8.78 Å². The van der Waals surface area contributed by atoms with Crippen LogP contribution >= 0.6 is 11.6 Å². The van der Waals surface area contributed by atoms with Crippen molar-refractivity contribution < 1.29 is 18.3 Å². The molecular weight excluding hydrogens is 382 g/mol. The molecule has 0 atom stereocenters. The number of aryl methyl sites for hydroxylation is 1. The van der Waals surface area contributed by atoms with E-state index in [1.54, 1.807) is 0 Å². The Hall–Kier alpha value is -2.20. The van der Waals surface area contributed by atoms with Gasteiger partial charge in [-0.2, -0.15) is 0 Å². The zero-order chi connectivity index (χ0) is 20.1. The van der Waals surface area contributed by atoms with Gasteiger partial charge < -0.3 is 9.53 Å². The van der Waals surface area contributed by atoms with Crippen molar-refractivity contribution in [3.63, 3.8) is 0 Å². The normalized spacial score (nSPS) is 14.3. The van der Waals surface area contributed by atoms with Crippen molar-refractivity contribution >= 4 is 23.0 Å². The maximum Gasteiger partial charge on any atom is 0.191 e. The highest BCUT2D eigenvalue weighted by Gasteiger charge is 2.18. The first kappa shape index (κ1) is 20.5. The molecule has 2 aromatic carbocycles. The second-order valence-electron chi connectivity index (χ2n) is 7.18. The third-order valence-electron chi connectivity index (χ3n) is 4.99. The van der Waals surface area contributed by atoms with Crippen LogP contribution in [0.5, 0.6) is 5.75 Å². The van der Waals surface area contributed by atoms with E-state index in [4.69, 9.17) is 16.3 Å². The Morgan fingerprint density at radius 2 is 1.71 bits per heavy atom. The molecule has 0 aliphatic heterocycles. The topological polar surface area (TPSA) is 26.3 Å². The number of allylic oxidation sites excluding steroid dienone is 1. The minimum atomic E-state index is -0.733. The lowest BCUT2D eigenvalue weighted by atomic mass is 9.88. The summed E-state index contributed by atoms with van der Waals surface area (Å²) >= 11 is 5.97. The van der Waals surface area contributed by atoms with Crippen LogP contribution in [0, 0.1) is 11.6 Å². The zero-order valence-electron chi connectivity index (χ0n) is 15.9. The molecule has 1 aliphatic rings. The van der Waals surface area contributed by atoms with E-state index in [0.29, 0.717) is 17.0 Å². The number of hydrogen-bond donors (Lipinski definition) is 0. The summed E-state index contributed by atoms with van der Waals surface area (Å²) in [5, 5.41) is 0.673. The van der Waals surface area contributed by atoms with Gasteiger partial charge in [-0.15, -0.1) is 0 Å². The summed E-state index contributed by atoms with van der Waals surface area (Å²) in [4.78, 5) is 11.1. The van der Waals surface area contributed by atoms with Crippen LogP contribution in [0.15, 0.2) is 42.0 Å². The Morgan fingerprint density at radius 3 is 2.36 bits per heavy atom. The Labute approximate surface area is 169 Å². The highest BCUT2D eigenvalue weighted by Crippen LogP contribution is 2.34. The van der Waals surface area contributed by atoms with Crippen LogP contribution < -0.4 is 4.74 Å². The quantitative estimate of drug-likeness (QED) is 0.523. The van der Waals surface area contributed by atoms with E-state index in [-0.39, 0.29) is 24.6 Å². The molecule has 0 spiro atoms. The molecule has 2 aromatic rings. The fourth-order valence-electron chi connectivity index (χ4n) is 3.50. The van der Waals surface area contributed by atoms with E-state index >= 15 is 0 Å². The molecule has 0 saturated heterocycles. The lowest BCUT2D eigenvalue weighted by molar-refractivity contribution is -0.116. The lowest BCUT2D eigenvalue weighted by Gasteiger charge is -2.21. The molecule has 0 amide bonds. The van der Waals surface area contributed by atoms with Crippen molar-refractivity contribution in [3.8, 4) is 5.75 Å². The van der Waals surface area contributed by atoms with E-state index in [0.717, 1.165) is 36.8 Å². The molecule has 0 bridgehead atoms. The van der Waals surface area contributed by atoms with Crippen molar-refractivity contribution in [3.05, 3.63) is 69.8 Å². The monoisotopic (exact) mass is 404 g/mol. The van der Waals surface area contributed by atoms with Crippen molar-refractivity contribution in [2.45, 2.75) is 45.4 Å². The van der Waals surface area contributed by atoms with Crippen LogP contribution in [-0.2, 0) is 11.2 Å². The van der Waals surface area contributed by atoms with Gasteiger partial charge in [0.05, 0.1) is 0 Å². The molecule has 1 aliphatic carbocycles. The van der Waals surface area contributed by atoms with Gasteiger partial charge in [-0.3, -0.25) is 0 Å². The van der Waals surface area contributed by atoms with Gasteiger partial charge in [0.2, 0.25) is 0 Å². The minimum Gasteiger partial charge on any atom is -0.483 e. The number of carbonyl (C=O) groups excluding carboxylic acids is 1. The van der Waals surface area contributed by atoms with Gasteiger partial charge in [0.15, 0.2) is 17.4 Å². The molecule has 0 unspecified atom stereocenters. The van der Waals surface area contributed by atoms with Gasteiger partial charge in [-0.1, -0.05) is 23.7 Å². The fourth-order valence-corrected chi connectivity index (χ4v) is 3.63. The first-order valence-corrected chi connectivity index (χ1v) is 9.89. The molecule has 5 heteroatoms. The lowest BCUT2D eigenvalue weighted by Crippen LogP contribution is -2.10. The van der Waals surface area contributed by atoms with Crippen molar-refractivity contribution in [1.29, 1.82) is 0 Å². The Morgan fingerprint density at radius 1 is 1.07 bits per heavy atom. The molecule has 0 saturated carbocycles. The average molecular weight is 405 g/mol. The average Bonchev–Trinajstić information content (AvgIpc) is 2.67. The summed E-state index contributed by atoms with van der Waals surface area (Å²) in [6.07, 6.45) is 4.44. The van der Waals surface area contributed by atoms with Crippen LogP contribution in [-0.4, -0.2) is 12.4 Å². The van der Waals surface area contributed by atoms with E-state index in [1.807, 2.05) is 24.3 Å². The summed E-state index contributed by atoms with van der Waals surface area (Å²) in [6.45, 7) is 1.61. The van der Waals surface area contributed by atoms with Crippen LogP contribution in [0.25, 0.3) is 5.57 Å². The predicted molar refractivity (Wildman–Crippen MR) is 108 cm³/mol. The van der Waals surface area contributed by atoms with E-state index in [1.165, 1.54) is 24.6 Å². The van der Waals surface area contributed by atoms with E-state index < -0.39 is 11.6 Å². The van der Waals surface area contributed by atoms with Crippen LogP contribution in [0.2, 0.25) is 5.02 Å². The molecule has 28 heavy (non-hydrogen) atoms. The smallest absolute Gasteiger partial charge is 0.191 e. The summed E-state index contributed by atoms with van der Waals surface area (Å²) in [5.74, 6) is -1.84. The zero-order valence-corrected chi connectivity index (χ0v) is 16.6. The maximum atomic E-state index is 14.4. The van der Waals surface area contributed by atoms with Gasteiger partial charge in [-0.05, 0) is 85.6 Å². The minimum absolute atomic E-state index is 0.0138. The second kappa shape index (κ2) is 9.33. The Kier molecular flexibility index (Phi) is 6.84. The third kappa shape index (κ3) is 5.20. The maximum absolute atomic E-state index is 14.4. The number of halogens is 3. The number of ketones is 1. The van der Waals surface area contributed by atoms with Gasteiger partial charge in [0, 0.05) is 11.4 Å². The molecule has 0 N–H and O–H groups in total. The third-order valence-corrected chi connectivity index (χ3v) is 5.24. The highest BCUT2D eigenvalue weighted by atomic mass is 35.5. The summed E-state index contributed by atoms with van der Waals surface area (Å²) in [5.41, 5.74) is 3.76. The number of rotatable bonds is 7. The Balaban J connectivity index is 1.77. The summed E-state index contributed by atoms with van der Waals surface area (Å²) < 4.78 is 34.3. The van der Waals surface area contributed by atoms with E-state index in [9.17, 15) is 13.6 Å². The standard InChI is InChI=1S/C23H23ClF2O2/c1-15(27)6-7-16-12-21(25)23(22(26)13-16)28-14-18-4-2-3-5-20(18)17-8-10-19(24)11-9-17/h8-13H,2-7,14H2,1H3. The molecule has 0 radical (unpaired) electrons. The number of Topliss-reactive ketones (excluding diaryl/α,β-unsaturated/α-hetero) is 1. The molecule has 0 heterocycles. The van der Waals surface area contributed by atoms with E-state index in [2.05, 4.69) is 0 Å². The van der Waals surface area contributed by atoms with Crippen LogP contribution in [0.1, 0.15) is 50.2 Å². The molecule has 0 aromatic heterocycles. The first-order chi connectivity index (χ1) is 13.4. The fraction of sp³-hybridized carbons (Fsp3) is 0.348. The molecule has 2 nitrogen and oxygen atoms in total. The highest BCUT2D eigenvalue weighted by molar-refractivity contribution is 6.30. The summed E-state index contributed by atoms with van der Waals surface area (Å²) in [6, 6.07) is 10.1. The van der Waals surface area contributed by atoms with Crippen LogP contribution in [0.3, 0.4) is 0 Å². The predicted octanol–water partition coefficient (Wildman–Crippen LogP) is 6.55. The van der Waals surface area contributed by atoms with Gasteiger partial charge in [0.1, 0.15) is 12.4 Å². The number of benzene rings is 2. The molecule has 0 fully saturated rings.